The second kappa shape index (κ2) is 4.41. The Balaban J connectivity index is 3.42. The predicted molar refractivity (Wildman–Crippen MR) is 69.3 cm³/mol. The number of hydrogen-bond acceptors (Lipinski definition) is 3. The van der Waals surface area contributed by atoms with E-state index in [4.69, 9.17) is 0 Å². The first-order chi connectivity index (χ1) is 7.71. The van der Waals surface area contributed by atoms with Gasteiger partial charge in [-0.3, -0.25) is 0 Å². The lowest BCUT2D eigenvalue weighted by atomic mass is 9.67. The maximum atomic E-state index is 11.0. The lowest BCUT2D eigenvalue weighted by Gasteiger charge is -2.42. The summed E-state index contributed by atoms with van der Waals surface area (Å²) in [5, 5.41) is 11.0. The summed E-state index contributed by atoms with van der Waals surface area (Å²) in [4.78, 5) is 7.93. The highest BCUT2D eigenvalue weighted by Gasteiger charge is 2.44. The topological polar surface area (TPSA) is 46.0 Å². The molecule has 92 valence electrons. The van der Waals surface area contributed by atoms with Crippen LogP contribution in [0.1, 0.15) is 33.3 Å². The van der Waals surface area contributed by atoms with E-state index in [-0.39, 0.29) is 0 Å². The van der Waals surface area contributed by atoms with Crippen molar-refractivity contribution in [1.82, 2.24) is 9.97 Å². The van der Waals surface area contributed by atoms with Gasteiger partial charge in [0.25, 0.3) is 0 Å². The molecule has 0 saturated carbocycles. The van der Waals surface area contributed by atoms with Crippen LogP contribution in [0.15, 0.2) is 43.0 Å². The summed E-state index contributed by atoms with van der Waals surface area (Å²) in [6, 6.07) is 0. The smallest absolute Gasteiger partial charge is 0.122 e. The molecule has 0 aliphatic heterocycles. The average molecular weight is 232 g/mol. The minimum Gasteiger partial charge on any atom is -0.380 e. The number of hydrogen-bond donors (Lipinski definition) is 1. The molecule has 0 fully saturated rings. The van der Waals surface area contributed by atoms with E-state index < -0.39 is 11.0 Å². The van der Waals surface area contributed by atoms with E-state index in [9.17, 15) is 5.11 Å². The van der Waals surface area contributed by atoms with Crippen LogP contribution in [-0.4, -0.2) is 15.1 Å². The Hall–Kier alpha value is -1.48. The molecule has 0 saturated heterocycles. The monoisotopic (exact) mass is 232 g/mol. The molecule has 0 bridgehead atoms. The van der Waals surface area contributed by atoms with Crippen LogP contribution >= 0.6 is 0 Å². The van der Waals surface area contributed by atoms with Crippen molar-refractivity contribution >= 4 is 0 Å². The normalized spacial score (nSPS) is 15.1. The third-order valence-electron chi connectivity index (χ3n) is 3.02. The van der Waals surface area contributed by atoms with Crippen LogP contribution in [0.3, 0.4) is 0 Å². The van der Waals surface area contributed by atoms with Gasteiger partial charge in [-0.2, -0.15) is 0 Å². The van der Waals surface area contributed by atoms with Crippen molar-refractivity contribution < 1.29 is 5.11 Å². The fourth-order valence-electron chi connectivity index (χ4n) is 1.85. The highest BCUT2D eigenvalue weighted by Crippen LogP contribution is 2.45. The molecule has 1 atom stereocenters. The summed E-state index contributed by atoms with van der Waals surface area (Å²) in [6.07, 6.45) is 4.68. The van der Waals surface area contributed by atoms with Crippen LogP contribution in [0, 0.1) is 5.41 Å². The molecule has 1 N–H and O–H groups in total. The summed E-state index contributed by atoms with van der Waals surface area (Å²) < 4.78 is 0. The molecular weight excluding hydrogens is 212 g/mol. The van der Waals surface area contributed by atoms with Gasteiger partial charge in [0, 0.05) is 18.0 Å². The van der Waals surface area contributed by atoms with E-state index in [0.29, 0.717) is 11.1 Å². The zero-order valence-corrected chi connectivity index (χ0v) is 11.0. The lowest BCUT2D eigenvalue weighted by molar-refractivity contribution is -0.0278. The van der Waals surface area contributed by atoms with Gasteiger partial charge in [-0.25, -0.2) is 9.97 Å². The SMILES string of the molecule is C=C(C)C(=C)C(O)(c1cncnc1)C(C)(C)C. The fourth-order valence-corrected chi connectivity index (χ4v) is 1.85. The van der Waals surface area contributed by atoms with Gasteiger partial charge >= 0.3 is 0 Å². The quantitative estimate of drug-likeness (QED) is 0.815. The van der Waals surface area contributed by atoms with Crippen LogP contribution in [-0.2, 0) is 5.60 Å². The Morgan fingerprint density at radius 3 is 2.00 bits per heavy atom. The third-order valence-corrected chi connectivity index (χ3v) is 3.02. The van der Waals surface area contributed by atoms with Crippen molar-refractivity contribution in [2.75, 3.05) is 0 Å². The van der Waals surface area contributed by atoms with Crippen molar-refractivity contribution in [3.8, 4) is 0 Å². The number of nitrogens with zero attached hydrogens (tertiary/aromatic N) is 2. The molecular formula is C14H20N2O. The second-order valence-corrected chi connectivity index (χ2v) is 5.35. The van der Waals surface area contributed by atoms with Gasteiger partial charge in [-0.05, 0) is 17.9 Å². The molecule has 1 rings (SSSR count). The molecule has 3 nitrogen and oxygen atoms in total. The molecule has 1 aromatic rings. The van der Waals surface area contributed by atoms with E-state index in [1.807, 2.05) is 27.7 Å². The van der Waals surface area contributed by atoms with Crippen LogP contribution in [0.2, 0.25) is 0 Å². The Morgan fingerprint density at radius 1 is 1.18 bits per heavy atom. The van der Waals surface area contributed by atoms with Gasteiger partial charge in [0.15, 0.2) is 0 Å². The zero-order chi connectivity index (χ0) is 13.3. The van der Waals surface area contributed by atoms with E-state index in [2.05, 4.69) is 23.1 Å². The van der Waals surface area contributed by atoms with Crippen LogP contribution in [0.25, 0.3) is 0 Å². The van der Waals surface area contributed by atoms with Gasteiger partial charge in [0.05, 0.1) is 0 Å². The van der Waals surface area contributed by atoms with Gasteiger partial charge in [0.2, 0.25) is 0 Å². The van der Waals surface area contributed by atoms with Crippen LogP contribution in [0.4, 0.5) is 0 Å². The fraction of sp³-hybridized carbons (Fsp3) is 0.429. The molecule has 0 radical (unpaired) electrons. The highest BCUT2D eigenvalue weighted by atomic mass is 16.3. The number of aromatic nitrogens is 2. The Morgan fingerprint density at radius 2 is 1.65 bits per heavy atom. The third kappa shape index (κ3) is 2.29. The standard InChI is InChI=1S/C14H20N2O/c1-10(2)11(3)14(17,13(4,5)6)12-7-15-9-16-8-12/h7-9,17H,1,3H2,2,4-6H3. The van der Waals surface area contributed by atoms with Gasteiger partial charge in [-0.15, -0.1) is 0 Å². The maximum Gasteiger partial charge on any atom is 0.122 e. The molecule has 1 unspecified atom stereocenters. The average Bonchev–Trinajstić information content (AvgIpc) is 2.26. The molecule has 1 heterocycles. The molecule has 0 aliphatic carbocycles. The lowest BCUT2D eigenvalue weighted by Crippen LogP contribution is -2.42. The van der Waals surface area contributed by atoms with Gasteiger partial charge < -0.3 is 5.11 Å². The second-order valence-electron chi connectivity index (χ2n) is 5.35. The molecule has 17 heavy (non-hydrogen) atoms. The van der Waals surface area contributed by atoms with Crippen LogP contribution < -0.4 is 0 Å². The minimum absolute atomic E-state index is 0.423. The molecule has 0 aromatic carbocycles. The minimum atomic E-state index is -1.21. The molecule has 3 heteroatoms. The Kier molecular flexibility index (Phi) is 3.53. The Bertz CT molecular complexity index is 431. The first kappa shape index (κ1) is 13.6. The van der Waals surface area contributed by atoms with E-state index in [1.54, 1.807) is 12.4 Å². The molecule has 0 amide bonds. The van der Waals surface area contributed by atoms with Crippen molar-refractivity contribution in [2.24, 2.45) is 5.41 Å². The highest BCUT2D eigenvalue weighted by molar-refractivity contribution is 5.40. The molecule has 1 aromatic heterocycles. The van der Waals surface area contributed by atoms with Gasteiger partial charge in [-0.1, -0.05) is 39.5 Å². The summed E-state index contributed by atoms with van der Waals surface area (Å²) in [6.45, 7) is 15.5. The molecule has 0 aliphatic rings. The van der Waals surface area contributed by atoms with E-state index in [1.165, 1.54) is 6.33 Å². The largest absolute Gasteiger partial charge is 0.380 e. The number of rotatable bonds is 3. The Labute approximate surface area is 103 Å². The van der Waals surface area contributed by atoms with Crippen molar-refractivity contribution in [2.45, 2.75) is 33.3 Å². The summed E-state index contributed by atoms with van der Waals surface area (Å²) in [5.41, 5.74) is 0.361. The first-order valence-electron chi connectivity index (χ1n) is 5.54. The van der Waals surface area contributed by atoms with E-state index in [0.717, 1.165) is 5.57 Å². The van der Waals surface area contributed by atoms with Gasteiger partial charge in [0.1, 0.15) is 11.9 Å². The molecule has 0 spiro atoms. The first-order valence-corrected chi connectivity index (χ1v) is 5.54. The van der Waals surface area contributed by atoms with Crippen molar-refractivity contribution in [3.63, 3.8) is 0 Å². The van der Waals surface area contributed by atoms with Crippen LogP contribution in [0.5, 0.6) is 0 Å². The maximum absolute atomic E-state index is 11.0. The summed E-state index contributed by atoms with van der Waals surface area (Å²) >= 11 is 0. The van der Waals surface area contributed by atoms with Crippen molar-refractivity contribution in [3.05, 3.63) is 48.6 Å². The summed E-state index contributed by atoms with van der Waals surface area (Å²) in [7, 11) is 0. The van der Waals surface area contributed by atoms with E-state index >= 15 is 0 Å². The zero-order valence-electron chi connectivity index (χ0n) is 11.0. The number of aliphatic hydroxyl groups is 1. The predicted octanol–water partition coefficient (Wildman–Crippen LogP) is 2.84. The van der Waals surface area contributed by atoms with Crippen molar-refractivity contribution in [1.29, 1.82) is 0 Å². The summed E-state index contributed by atoms with van der Waals surface area (Å²) in [5.74, 6) is 0.